The maximum absolute atomic E-state index is 5.88. The van der Waals surface area contributed by atoms with Crippen molar-refractivity contribution in [3.05, 3.63) is 71.4 Å². The highest BCUT2D eigenvalue weighted by atomic mass is 16.6. The molecule has 3 aromatic rings. The Labute approximate surface area is 159 Å². The molecule has 0 saturated heterocycles. The quantitative estimate of drug-likeness (QED) is 0.663. The topological polar surface area (TPSA) is 43.7 Å². The number of fused-ring (bicyclic) bond motifs is 1. The number of benzene rings is 2. The maximum Gasteiger partial charge on any atom is 0.143 e. The van der Waals surface area contributed by atoms with Gasteiger partial charge in [0.2, 0.25) is 0 Å². The summed E-state index contributed by atoms with van der Waals surface area (Å²) in [6, 6.07) is 18.3. The number of nitrogens with zero attached hydrogens (tertiary/aromatic N) is 2. The van der Waals surface area contributed by atoms with Crippen LogP contribution in [-0.4, -0.2) is 23.9 Å². The van der Waals surface area contributed by atoms with E-state index < -0.39 is 0 Å². The molecule has 1 aromatic heterocycles. The van der Waals surface area contributed by atoms with Gasteiger partial charge in [0.1, 0.15) is 17.6 Å². The van der Waals surface area contributed by atoms with Gasteiger partial charge in [-0.2, -0.15) is 0 Å². The Hall–Kier alpha value is -2.88. The molecule has 4 nitrogen and oxygen atoms in total. The highest BCUT2D eigenvalue weighted by Gasteiger charge is 2.43. The molecule has 138 valence electrons. The van der Waals surface area contributed by atoms with Gasteiger partial charge in [-0.05, 0) is 36.8 Å². The maximum atomic E-state index is 5.88. The lowest BCUT2D eigenvalue weighted by molar-refractivity contribution is 0.0365. The number of oxime groups is 1. The zero-order valence-electron chi connectivity index (χ0n) is 16.2. The Balaban J connectivity index is 1.64. The van der Waals surface area contributed by atoms with Gasteiger partial charge >= 0.3 is 0 Å². The third-order valence-corrected chi connectivity index (χ3v) is 5.42. The smallest absolute Gasteiger partial charge is 0.143 e. The van der Waals surface area contributed by atoms with E-state index >= 15 is 0 Å². The predicted molar refractivity (Wildman–Crippen MR) is 108 cm³/mol. The van der Waals surface area contributed by atoms with Crippen LogP contribution in [0.25, 0.3) is 10.9 Å². The molecule has 2 aromatic carbocycles. The van der Waals surface area contributed by atoms with E-state index in [-0.39, 0.29) is 11.5 Å². The summed E-state index contributed by atoms with van der Waals surface area (Å²) in [4.78, 5) is 10.7. The summed E-state index contributed by atoms with van der Waals surface area (Å²) in [6.07, 6.45) is 0.631. The van der Waals surface area contributed by atoms with Crippen LogP contribution in [-0.2, 0) is 11.3 Å². The first-order valence-electron chi connectivity index (χ1n) is 9.23. The third-order valence-electron chi connectivity index (χ3n) is 5.42. The van der Waals surface area contributed by atoms with Crippen LogP contribution < -0.4 is 4.74 Å². The van der Waals surface area contributed by atoms with Crippen molar-refractivity contribution in [1.82, 2.24) is 4.98 Å². The molecule has 0 amide bonds. The van der Waals surface area contributed by atoms with Gasteiger partial charge in [0.05, 0.1) is 18.0 Å². The normalized spacial score (nSPS) is 18.2. The molecule has 0 radical (unpaired) electrons. The van der Waals surface area contributed by atoms with Crippen molar-refractivity contribution < 1.29 is 9.57 Å². The zero-order chi connectivity index (χ0) is 19.0. The van der Waals surface area contributed by atoms with E-state index in [2.05, 4.69) is 44.1 Å². The third kappa shape index (κ3) is 3.05. The van der Waals surface area contributed by atoms with E-state index in [1.165, 1.54) is 10.9 Å². The second-order valence-corrected chi connectivity index (χ2v) is 7.61. The molecule has 27 heavy (non-hydrogen) atoms. The highest BCUT2D eigenvalue weighted by Crippen LogP contribution is 2.38. The van der Waals surface area contributed by atoms with Crippen LogP contribution in [0.3, 0.4) is 0 Å². The molecule has 1 unspecified atom stereocenters. The summed E-state index contributed by atoms with van der Waals surface area (Å²) in [5.74, 6) is 0.813. The molecular weight excluding hydrogens is 336 g/mol. The molecule has 1 atom stereocenters. The molecule has 0 bridgehead atoms. The average Bonchev–Trinajstić information content (AvgIpc) is 2.96. The largest absolute Gasteiger partial charge is 0.496 e. The number of aryl methyl sites for hydroxylation is 1. The summed E-state index contributed by atoms with van der Waals surface area (Å²) < 4.78 is 5.52. The molecule has 4 rings (SSSR count). The van der Waals surface area contributed by atoms with E-state index in [4.69, 9.17) is 14.6 Å². The van der Waals surface area contributed by atoms with E-state index in [1.54, 1.807) is 7.11 Å². The summed E-state index contributed by atoms with van der Waals surface area (Å²) in [7, 11) is 1.68. The van der Waals surface area contributed by atoms with Crippen LogP contribution in [0, 0.1) is 12.3 Å². The molecule has 0 fully saturated rings. The molecule has 1 aliphatic rings. The predicted octanol–water partition coefficient (Wildman–Crippen LogP) is 4.92. The first kappa shape index (κ1) is 17.5. The van der Waals surface area contributed by atoms with E-state index in [1.807, 2.05) is 36.4 Å². The molecule has 0 spiro atoms. The van der Waals surface area contributed by atoms with Gasteiger partial charge in [-0.3, -0.25) is 4.98 Å². The number of hydrogen-bond donors (Lipinski definition) is 0. The summed E-state index contributed by atoms with van der Waals surface area (Å²) in [5.41, 5.74) is 4.93. The SMILES string of the molecule is COc1ccccc1C1=NOC(Cc2cc(C)c3ccccc3n2)C1(C)C. The molecule has 0 saturated carbocycles. The monoisotopic (exact) mass is 360 g/mol. The number of rotatable bonds is 4. The highest BCUT2D eigenvalue weighted by molar-refractivity contribution is 6.07. The van der Waals surface area contributed by atoms with Crippen molar-refractivity contribution in [3.63, 3.8) is 0 Å². The fourth-order valence-electron chi connectivity index (χ4n) is 3.76. The number of ether oxygens (including phenoxy) is 1. The van der Waals surface area contributed by atoms with E-state index in [9.17, 15) is 0 Å². The first-order chi connectivity index (χ1) is 13.0. The van der Waals surface area contributed by atoms with Gasteiger partial charge in [0, 0.05) is 23.1 Å². The second-order valence-electron chi connectivity index (χ2n) is 7.61. The van der Waals surface area contributed by atoms with Gasteiger partial charge in [-0.15, -0.1) is 0 Å². The van der Waals surface area contributed by atoms with Crippen LogP contribution in [0.5, 0.6) is 5.75 Å². The van der Waals surface area contributed by atoms with Crippen LogP contribution in [0.1, 0.15) is 30.7 Å². The number of pyridine rings is 1. The number of methoxy groups -OCH3 is 1. The van der Waals surface area contributed by atoms with Crippen LogP contribution >= 0.6 is 0 Å². The van der Waals surface area contributed by atoms with Crippen LogP contribution in [0.4, 0.5) is 0 Å². The van der Waals surface area contributed by atoms with E-state index in [0.717, 1.165) is 28.2 Å². The van der Waals surface area contributed by atoms with Gasteiger partial charge in [-0.25, -0.2) is 0 Å². The van der Waals surface area contributed by atoms with Gasteiger partial charge in [0.25, 0.3) is 0 Å². The van der Waals surface area contributed by atoms with Gasteiger partial charge in [-0.1, -0.05) is 49.3 Å². The lowest BCUT2D eigenvalue weighted by atomic mass is 9.77. The summed E-state index contributed by atoms with van der Waals surface area (Å²) in [5, 5.41) is 5.63. The zero-order valence-corrected chi connectivity index (χ0v) is 16.2. The Morgan fingerprint density at radius 3 is 2.63 bits per heavy atom. The molecule has 2 heterocycles. The second kappa shape index (κ2) is 6.69. The fourth-order valence-corrected chi connectivity index (χ4v) is 3.76. The van der Waals surface area contributed by atoms with Crippen molar-refractivity contribution in [3.8, 4) is 5.75 Å². The minimum absolute atomic E-state index is 0.0783. The molecular formula is C23H24N2O2. The van der Waals surface area contributed by atoms with Crippen LogP contribution in [0.15, 0.2) is 59.8 Å². The average molecular weight is 360 g/mol. The number of para-hydroxylation sites is 2. The van der Waals surface area contributed by atoms with Crippen LogP contribution in [0.2, 0.25) is 0 Å². The van der Waals surface area contributed by atoms with Gasteiger partial charge in [0.15, 0.2) is 0 Å². The molecule has 0 N–H and O–H groups in total. The van der Waals surface area contributed by atoms with Gasteiger partial charge < -0.3 is 9.57 Å². The molecule has 4 heteroatoms. The standard InChI is InChI=1S/C23H24N2O2/c1-15-13-16(24-19-11-7-5-9-17(15)19)14-21-23(2,3)22(25-27-21)18-10-6-8-12-20(18)26-4/h5-13,21H,14H2,1-4H3. The summed E-state index contributed by atoms with van der Waals surface area (Å²) >= 11 is 0. The number of aromatic nitrogens is 1. The molecule has 1 aliphatic heterocycles. The minimum atomic E-state index is -0.254. The van der Waals surface area contributed by atoms with Crippen molar-refractivity contribution in [1.29, 1.82) is 0 Å². The van der Waals surface area contributed by atoms with Crippen molar-refractivity contribution >= 4 is 16.6 Å². The lowest BCUT2D eigenvalue weighted by Gasteiger charge is -2.26. The first-order valence-corrected chi connectivity index (χ1v) is 9.23. The Morgan fingerprint density at radius 2 is 1.81 bits per heavy atom. The minimum Gasteiger partial charge on any atom is -0.496 e. The van der Waals surface area contributed by atoms with E-state index in [0.29, 0.717) is 6.42 Å². The summed E-state index contributed by atoms with van der Waals surface area (Å²) in [6.45, 7) is 6.47. The molecule has 0 aliphatic carbocycles. The van der Waals surface area contributed by atoms with Crippen molar-refractivity contribution in [2.24, 2.45) is 10.6 Å². The van der Waals surface area contributed by atoms with Crippen molar-refractivity contribution in [2.45, 2.75) is 33.3 Å². The Bertz CT molecular complexity index is 1020. The lowest BCUT2D eigenvalue weighted by Crippen LogP contribution is -2.35. The number of hydrogen-bond acceptors (Lipinski definition) is 4. The Kier molecular flexibility index (Phi) is 4.34. The fraction of sp³-hybridized carbons (Fsp3) is 0.304. The Morgan fingerprint density at radius 1 is 1.07 bits per heavy atom. The van der Waals surface area contributed by atoms with Crippen molar-refractivity contribution in [2.75, 3.05) is 7.11 Å².